The van der Waals surface area contributed by atoms with Gasteiger partial charge in [-0.2, -0.15) is 0 Å². The van der Waals surface area contributed by atoms with E-state index in [0.717, 1.165) is 18.7 Å². The predicted octanol–water partition coefficient (Wildman–Crippen LogP) is 3.16. The van der Waals surface area contributed by atoms with E-state index in [1.54, 1.807) is 18.3 Å². The molecule has 0 aliphatic heterocycles. The minimum absolute atomic E-state index is 0.155. The summed E-state index contributed by atoms with van der Waals surface area (Å²) in [6.45, 7) is 2.93. The molecule has 0 unspecified atom stereocenters. The number of nitrogens with one attached hydrogen (secondary N) is 2. The number of hydrogen-bond acceptors (Lipinski definition) is 3. The van der Waals surface area contributed by atoms with Crippen molar-refractivity contribution in [2.75, 3.05) is 17.2 Å². The lowest BCUT2D eigenvalue weighted by Crippen LogP contribution is -2.15. The first-order valence-corrected chi connectivity index (χ1v) is 6.36. The minimum atomic E-state index is -0.155. The molecule has 1 heterocycles. The lowest BCUT2D eigenvalue weighted by molar-refractivity contribution is 0.102. The molecule has 0 radical (unpaired) electrons. The van der Waals surface area contributed by atoms with E-state index in [9.17, 15) is 4.79 Å². The summed E-state index contributed by atoms with van der Waals surface area (Å²) in [6, 6.07) is 12.9. The van der Waals surface area contributed by atoms with Gasteiger partial charge in [-0.1, -0.05) is 25.1 Å². The van der Waals surface area contributed by atoms with Gasteiger partial charge >= 0.3 is 0 Å². The second-order valence-corrected chi connectivity index (χ2v) is 4.14. The van der Waals surface area contributed by atoms with Gasteiger partial charge in [0.15, 0.2) is 0 Å². The van der Waals surface area contributed by atoms with Gasteiger partial charge in [-0.05, 0) is 30.7 Å². The molecule has 2 N–H and O–H groups in total. The summed E-state index contributed by atoms with van der Waals surface area (Å²) in [6.07, 6.45) is 2.66. The van der Waals surface area contributed by atoms with Crippen molar-refractivity contribution >= 4 is 17.4 Å². The first-order valence-electron chi connectivity index (χ1n) is 6.36. The van der Waals surface area contributed by atoms with Gasteiger partial charge in [0.25, 0.3) is 5.91 Å². The Kier molecular flexibility index (Phi) is 4.50. The van der Waals surface area contributed by atoms with Crippen LogP contribution >= 0.6 is 0 Å². The van der Waals surface area contributed by atoms with Crippen LogP contribution in [0.4, 0.5) is 11.5 Å². The summed E-state index contributed by atoms with van der Waals surface area (Å²) in [4.78, 5) is 16.3. The fourth-order valence-corrected chi connectivity index (χ4v) is 1.72. The average molecular weight is 255 g/mol. The summed E-state index contributed by atoms with van der Waals surface area (Å²) in [5.74, 6) is 0.399. The molecule has 4 nitrogen and oxygen atoms in total. The number of nitrogens with zero attached hydrogens (tertiary/aromatic N) is 1. The molecule has 19 heavy (non-hydrogen) atoms. The number of hydrogen-bond donors (Lipinski definition) is 2. The normalized spacial score (nSPS) is 9.95. The zero-order chi connectivity index (χ0) is 13.5. The zero-order valence-corrected chi connectivity index (χ0v) is 10.9. The molecule has 1 aromatic heterocycles. The van der Waals surface area contributed by atoms with Crippen LogP contribution in [0.1, 0.15) is 23.7 Å². The van der Waals surface area contributed by atoms with Crippen molar-refractivity contribution in [1.82, 2.24) is 4.98 Å². The molecule has 0 spiro atoms. The molecule has 0 fully saturated rings. The highest BCUT2D eigenvalue weighted by molar-refractivity contribution is 6.07. The van der Waals surface area contributed by atoms with E-state index < -0.39 is 0 Å². The van der Waals surface area contributed by atoms with Crippen LogP contribution in [-0.2, 0) is 0 Å². The van der Waals surface area contributed by atoms with Gasteiger partial charge < -0.3 is 10.6 Å². The molecule has 1 amide bonds. The second kappa shape index (κ2) is 6.54. The Hall–Kier alpha value is -2.36. The molecule has 2 rings (SSSR count). The molecular formula is C15H17N3O. The van der Waals surface area contributed by atoms with E-state index in [4.69, 9.17) is 0 Å². The van der Waals surface area contributed by atoms with Gasteiger partial charge in [0.1, 0.15) is 5.82 Å². The van der Waals surface area contributed by atoms with Gasteiger partial charge in [-0.15, -0.1) is 0 Å². The second-order valence-electron chi connectivity index (χ2n) is 4.14. The number of anilines is 2. The highest BCUT2D eigenvalue weighted by Gasteiger charge is 2.10. The molecule has 1 aromatic carbocycles. The van der Waals surface area contributed by atoms with Crippen LogP contribution in [-0.4, -0.2) is 17.4 Å². The van der Waals surface area contributed by atoms with Gasteiger partial charge in [-0.25, -0.2) is 4.98 Å². The number of amides is 1. The fraction of sp³-hybridized carbons (Fsp3) is 0.200. The maximum absolute atomic E-state index is 12.2. The van der Waals surface area contributed by atoms with Crippen LogP contribution in [0.3, 0.4) is 0 Å². The number of carbonyl (C=O) groups excluding carboxylic acids is 1. The third-order valence-electron chi connectivity index (χ3n) is 2.64. The number of rotatable bonds is 5. The Balaban J connectivity index is 2.14. The van der Waals surface area contributed by atoms with Crippen molar-refractivity contribution in [1.29, 1.82) is 0 Å². The number of aromatic nitrogens is 1. The van der Waals surface area contributed by atoms with Crippen LogP contribution in [0, 0.1) is 0 Å². The van der Waals surface area contributed by atoms with Crippen molar-refractivity contribution in [2.45, 2.75) is 13.3 Å². The van der Waals surface area contributed by atoms with Gasteiger partial charge in [0, 0.05) is 18.4 Å². The minimum Gasteiger partial charge on any atom is -0.384 e. The summed E-state index contributed by atoms with van der Waals surface area (Å²) >= 11 is 0. The molecule has 98 valence electrons. The Bertz CT molecular complexity index is 540. The van der Waals surface area contributed by atoms with Gasteiger partial charge in [0.05, 0.1) is 5.56 Å². The maximum Gasteiger partial charge on any atom is 0.258 e. The first kappa shape index (κ1) is 13.1. The van der Waals surface area contributed by atoms with E-state index in [-0.39, 0.29) is 5.91 Å². The number of para-hydroxylation sites is 1. The van der Waals surface area contributed by atoms with E-state index in [1.165, 1.54) is 0 Å². The molecule has 0 saturated heterocycles. The van der Waals surface area contributed by atoms with Crippen molar-refractivity contribution in [2.24, 2.45) is 0 Å². The quantitative estimate of drug-likeness (QED) is 0.863. The molecule has 0 atom stereocenters. The predicted molar refractivity (Wildman–Crippen MR) is 77.4 cm³/mol. The van der Waals surface area contributed by atoms with Crippen LogP contribution < -0.4 is 10.6 Å². The van der Waals surface area contributed by atoms with E-state index in [0.29, 0.717) is 11.4 Å². The van der Waals surface area contributed by atoms with Crippen molar-refractivity contribution < 1.29 is 4.79 Å². The van der Waals surface area contributed by atoms with E-state index in [1.807, 2.05) is 30.3 Å². The smallest absolute Gasteiger partial charge is 0.258 e. The van der Waals surface area contributed by atoms with Crippen LogP contribution in [0.15, 0.2) is 48.7 Å². The molecule has 0 bridgehead atoms. The molecule has 0 aliphatic carbocycles. The lowest BCUT2D eigenvalue weighted by Gasteiger charge is -2.11. The van der Waals surface area contributed by atoms with Crippen molar-refractivity contribution in [3.05, 3.63) is 54.2 Å². The van der Waals surface area contributed by atoms with Crippen molar-refractivity contribution in [3.63, 3.8) is 0 Å². The maximum atomic E-state index is 12.2. The van der Waals surface area contributed by atoms with Gasteiger partial charge in [0.2, 0.25) is 0 Å². The SMILES string of the molecule is CCCNc1ccccc1C(=O)Nc1ccccn1. The number of carbonyl (C=O) groups is 1. The standard InChI is InChI=1S/C15H17N3O/c1-2-10-16-13-8-4-3-7-12(13)15(19)18-14-9-5-6-11-17-14/h3-9,11,16H,2,10H2,1H3,(H,17,18,19). The molecular weight excluding hydrogens is 238 g/mol. The summed E-state index contributed by atoms with van der Waals surface area (Å²) in [5, 5.41) is 6.03. The molecule has 0 aliphatic rings. The fourth-order valence-electron chi connectivity index (χ4n) is 1.72. The highest BCUT2D eigenvalue weighted by atomic mass is 16.1. The third kappa shape index (κ3) is 3.55. The lowest BCUT2D eigenvalue weighted by atomic mass is 10.1. The first-order chi connectivity index (χ1) is 9.31. The third-order valence-corrected chi connectivity index (χ3v) is 2.64. The largest absolute Gasteiger partial charge is 0.384 e. The van der Waals surface area contributed by atoms with Crippen molar-refractivity contribution in [3.8, 4) is 0 Å². The Labute approximate surface area is 112 Å². The van der Waals surface area contributed by atoms with E-state index in [2.05, 4.69) is 22.5 Å². The Morgan fingerprint density at radius 1 is 1.16 bits per heavy atom. The summed E-state index contributed by atoms with van der Waals surface area (Å²) < 4.78 is 0. The average Bonchev–Trinajstić information content (AvgIpc) is 2.46. The highest BCUT2D eigenvalue weighted by Crippen LogP contribution is 2.16. The van der Waals surface area contributed by atoms with Gasteiger partial charge in [-0.3, -0.25) is 4.79 Å². The molecule has 2 aromatic rings. The Morgan fingerprint density at radius 3 is 2.68 bits per heavy atom. The Morgan fingerprint density at radius 2 is 1.95 bits per heavy atom. The van der Waals surface area contributed by atoms with Crippen LogP contribution in [0.2, 0.25) is 0 Å². The van der Waals surface area contributed by atoms with Crippen LogP contribution in [0.5, 0.6) is 0 Å². The summed E-state index contributed by atoms with van der Waals surface area (Å²) in [5.41, 5.74) is 1.47. The topological polar surface area (TPSA) is 54.0 Å². The number of benzene rings is 1. The zero-order valence-electron chi connectivity index (χ0n) is 10.9. The molecule has 4 heteroatoms. The monoisotopic (exact) mass is 255 g/mol. The molecule has 0 saturated carbocycles. The van der Waals surface area contributed by atoms with Crippen LogP contribution in [0.25, 0.3) is 0 Å². The van der Waals surface area contributed by atoms with E-state index >= 15 is 0 Å². The number of pyridine rings is 1. The summed E-state index contributed by atoms with van der Waals surface area (Å²) in [7, 11) is 0.